The van der Waals surface area contributed by atoms with Gasteiger partial charge in [-0.1, -0.05) is 0 Å². The van der Waals surface area contributed by atoms with Crippen molar-refractivity contribution in [3.05, 3.63) is 0 Å². The Morgan fingerprint density at radius 1 is 1.55 bits per heavy atom. The number of hydrogen-bond acceptors (Lipinski definition) is 2. The highest BCUT2D eigenvalue weighted by Crippen LogP contribution is 2.11. The van der Waals surface area contributed by atoms with Gasteiger partial charge in [-0.05, 0) is 19.3 Å². The molecule has 0 spiro atoms. The number of hydrogen-bond donors (Lipinski definition) is 0. The number of halogens is 1. The van der Waals surface area contributed by atoms with E-state index in [0.29, 0.717) is 12.0 Å². The van der Waals surface area contributed by atoms with E-state index in [0.717, 1.165) is 32.7 Å². The fraction of sp³-hybridized carbons (Fsp3) is 1.00. The van der Waals surface area contributed by atoms with Crippen LogP contribution in [0.1, 0.15) is 19.3 Å². The topological polar surface area (TPSA) is 18.5 Å². The Kier molecular flexibility index (Phi) is 4.91. The first-order chi connectivity index (χ1) is 5.43. The molecule has 1 aliphatic heterocycles. The first-order valence-corrected chi connectivity index (χ1v) is 4.72. The molecule has 0 amide bonds. The van der Waals surface area contributed by atoms with Gasteiger partial charge in [0.15, 0.2) is 0 Å². The van der Waals surface area contributed by atoms with Gasteiger partial charge in [0.1, 0.15) is 0 Å². The van der Waals surface area contributed by atoms with Crippen molar-refractivity contribution in [1.82, 2.24) is 0 Å². The van der Waals surface area contributed by atoms with Crippen LogP contribution in [0.15, 0.2) is 0 Å². The SMILES string of the molecule is ClCCCOCC1CCCO1. The molecule has 1 heterocycles. The highest BCUT2D eigenvalue weighted by atomic mass is 35.5. The first-order valence-electron chi connectivity index (χ1n) is 4.19. The molecule has 0 N–H and O–H groups in total. The fourth-order valence-corrected chi connectivity index (χ4v) is 1.26. The quantitative estimate of drug-likeness (QED) is 0.472. The molecule has 1 unspecified atom stereocenters. The van der Waals surface area contributed by atoms with Gasteiger partial charge in [0.25, 0.3) is 0 Å². The standard InChI is InChI=1S/C8H15ClO2/c9-4-2-5-10-7-8-3-1-6-11-8/h8H,1-7H2. The van der Waals surface area contributed by atoms with Gasteiger partial charge in [-0.3, -0.25) is 0 Å². The van der Waals surface area contributed by atoms with Crippen molar-refractivity contribution in [3.8, 4) is 0 Å². The summed E-state index contributed by atoms with van der Waals surface area (Å²) < 4.78 is 10.7. The van der Waals surface area contributed by atoms with E-state index in [1.165, 1.54) is 6.42 Å². The van der Waals surface area contributed by atoms with Crippen molar-refractivity contribution in [2.24, 2.45) is 0 Å². The molecule has 1 fully saturated rings. The van der Waals surface area contributed by atoms with Crippen LogP contribution in [-0.4, -0.2) is 31.8 Å². The molecule has 0 radical (unpaired) electrons. The van der Waals surface area contributed by atoms with E-state index in [2.05, 4.69) is 0 Å². The first kappa shape index (κ1) is 9.30. The van der Waals surface area contributed by atoms with Crippen molar-refractivity contribution in [1.29, 1.82) is 0 Å². The second-order valence-electron chi connectivity index (χ2n) is 2.75. The normalized spacial score (nSPS) is 24.3. The van der Waals surface area contributed by atoms with E-state index in [1.54, 1.807) is 0 Å². The fourth-order valence-electron chi connectivity index (χ4n) is 1.15. The van der Waals surface area contributed by atoms with E-state index < -0.39 is 0 Å². The van der Waals surface area contributed by atoms with Gasteiger partial charge >= 0.3 is 0 Å². The van der Waals surface area contributed by atoms with Gasteiger partial charge in [-0.2, -0.15) is 0 Å². The summed E-state index contributed by atoms with van der Waals surface area (Å²) >= 11 is 5.49. The van der Waals surface area contributed by atoms with Crippen LogP contribution in [0.3, 0.4) is 0 Å². The number of ether oxygens (including phenoxy) is 2. The van der Waals surface area contributed by atoms with Gasteiger partial charge in [0.2, 0.25) is 0 Å². The predicted molar refractivity (Wildman–Crippen MR) is 45.1 cm³/mol. The van der Waals surface area contributed by atoms with Crippen LogP contribution >= 0.6 is 11.6 Å². The van der Waals surface area contributed by atoms with Crippen LogP contribution < -0.4 is 0 Å². The maximum Gasteiger partial charge on any atom is 0.0809 e. The highest BCUT2D eigenvalue weighted by Gasteiger charge is 2.14. The van der Waals surface area contributed by atoms with E-state index in [1.807, 2.05) is 0 Å². The van der Waals surface area contributed by atoms with Gasteiger partial charge < -0.3 is 9.47 Å². The third-order valence-corrected chi connectivity index (χ3v) is 2.02. The Labute approximate surface area is 72.8 Å². The summed E-state index contributed by atoms with van der Waals surface area (Å²) in [5, 5.41) is 0. The molecule has 1 aliphatic rings. The maximum atomic E-state index is 5.49. The summed E-state index contributed by atoms with van der Waals surface area (Å²) in [6, 6.07) is 0. The van der Waals surface area contributed by atoms with Crippen molar-refractivity contribution in [2.45, 2.75) is 25.4 Å². The summed E-state index contributed by atoms with van der Waals surface area (Å²) in [5.41, 5.74) is 0. The van der Waals surface area contributed by atoms with Crippen LogP contribution in [0.25, 0.3) is 0 Å². The van der Waals surface area contributed by atoms with E-state index in [9.17, 15) is 0 Å². The summed E-state index contributed by atoms with van der Waals surface area (Å²) in [4.78, 5) is 0. The Morgan fingerprint density at radius 3 is 3.09 bits per heavy atom. The van der Waals surface area contributed by atoms with Crippen molar-refractivity contribution < 1.29 is 9.47 Å². The lowest BCUT2D eigenvalue weighted by atomic mass is 10.2. The molecule has 2 nitrogen and oxygen atoms in total. The summed E-state index contributed by atoms with van der Waals surface area (Å²) in [6.45, 7) is 2.42. The summed E-state index contributed by atoms with van der Waals surface area (Å²) in [5.74, 6) is 0.686. The van der Waals surface area contributed by atoms with Gasteiger partial charge in [0.05, 0.1) is 12.7 Å². The monoisotopic (exact) mass is 178 g/mol. The van der Waals surface area contributed by atoms with Crippen LogP contribution in [0.2, 0.25) is 0 Å². The largest absolute Gasteiger partial charge is 0.379 e. The van der Waals surface area contributed by atoms with Gasteiger partial charge in [-0.25, -0.2) is 0 Å². The zero-order valence-corrected chi connectivity index (χ0v) is 7.48. The minimum atomic E-state index is 0.352. The smallest absolute Gasteiger partial charge is 0.0809 e. The zero-order chi connectivity index (χ0) is 7.94. The molecule has 1 atom stereocenters. The molecule has 0 aromatic rings. The molecule has 0 aromatic heterocycles. The molecule has 66 valence electrons. The van der Waals surface area contributed by atoms with E-state index in [4.69, 9.17) is 21.1 Å². The van der Waals surface area contributed by atoms with Crippen molar-refractivity contribution in [2.75, 3.05) is 25.7 Å². The molecule has 1 saturated heterocycles. The molecule has 11 heavy (non-hydrogen) atoms. The second kappa shape index (κ2) is 5.81. The molecule has 0 bridgehead atoms. The molecule has 3 heteroatoms. The lowest BCUT2D eigenvalue weighted by Crippen LogP contribution is -2.14. The van der Waals surface area contributed by atoms with Crippen molar-refractivity contribution in [3.63, 3.8) is 0 Å². The maximum absolute atomic E-state index is 5.49. The highest BCUT2D eigenvalue weighted by molar-refractivity contribution is 6.17. The molecule has 0 saturated carbocycles. The minimum Gasteiger partial charge on any atom is -0.379 e. The molecular formula is C8H15ClO2. The third kappa shape index (κ3) is 3.94. The summed E-state index contributed by atoms with van der Waals surface area (Å²) in [6.07, 6.45) is 3.63. The van der Waals surface area contributed by atoms with Gasteiger partial charge in [0, 0.05) is 19.1 Å². The average Bonchev–Trinajstić information content (AvgIpc) is 2.50. The van der Waals surface area contributed by atoms with Crippen LogP contribution in [0.5, 0.6) is 0 Å². The van der Waals surface area contributed by atoms with Crippen LogP contribution in [0, 0.1) is 0 Å². The van der Waals surface area contributed by atoms with E-state index in [-0.39, 0.29) is 0 Å². The minimum absolute atomic E-state index is 0.352. The average molecular weight is 179 g/mol. The third-order valence-electron chi connectivity index (χ3n) is 1.75. The van der Waals surface area contributed by atoms with Crippen molar-refractivity contribution >= 4 is 11.6 Å². The Bertz CT molecular complexity index is 92.1. The lowest BCUT2D eigenvalue weighted by Gasteiger charge is -2.08. The second-order valence-corrected chi connectivity index (χ2v) is 3.13. The zero-order valence-electron chi connectivity index (χ0n) is 6.72. The Hall–Kier alpha value is 0.210. The van der Waals surface area contributed by atoms with Gasteiger partial charge in [-0.15, -0.1) is 11.6 Å². The predicted octanol–water partition coefficient (Wildman–Crippen LogP) is 1.81. The van der Waals surface area contributed by atoms with Crippen LogP contribution in [-0.2, 0) is 9.47 Å². The Morgan fingerprint density at radius 2 is 2.45 bits per heavy atom. The summed E-state index contributed by atoms with van der Waals surface area (Å²) in [7, 11) is 0. The lowest BCUT2D eigenvalue weighted by molar-refractivity contribution is 0.0177. The number of alkyl halides is 1. The molecule has 0 aliphatic carbocycles. The molecule has 0 aromatic carbocycles. The Balaban J connectivity index is 1.86. The van der Waals surface area contributed by atoms with E-state index >= 15 is 0 Å². The van der Waals surface area contributed by atoms with Crippen LogP contribution in [0.4, 0.5) is 0 Å². The molecule has 1 rings (SSSR count). The molecular weight excluding hydrogens is 164 g/mol. The number of rotatable bonds is 5.